The SMILES string of the molecule is C[Si](C)(/C=C(/C(O)c1ccc2ccccc2c1)C(F)(F)F)c1ccccc1. The van der Waals surface area contributed by atoms with Gasteiger partial charge in [-0.1, -0.05) is 90.7 Å². The molecule has 0 amide bonds. The van der Waals surface area contributed by atoms with E-state index in [1.807, 2.05) is 67.7 Å². The fraction of sp³-hybridized carbons (Fsp3) is 0.182. The fourth-order valence-electron chi connectivity index (χ4n) is 3.21. The number of rotatable bonds is 4. The highest BCUT2D eigenvalue weighted by Gasteiger charge is 2.40. The van der Waals surface area contributed by atoms with Gasteiger partial charge in [0.1, 0.15) is 14.2 Å². The highest BCUT2D eigenvalue weighted by atomic mass is 28.3. The lowest BCUT2D eigenvalue weighted by molar-refractivity contribution is -0.105. The van der Waals surface area contributed by atoms with Crippen molar-refractivity contribution in [3.8, 4) is 0 Å². The maximum Gasteiger partial charge on any atom is 0.414 e. The number of aliphatic hydroxyl groups excluding tert-OH is 1. The molecule has 27 heavy (non-hydrogen) atoms. The summed E-state index contributed by atoms with van der Waals surface area (Å²) in [6.45, 7) is 3.70. The van der Waals surface area contributed by atoms with Crippen molar-refractivity contribution < 1.29 is 18.3 Å². The number of hydrogen-bond acceptors (Lipinski definition) is 1. The van der Waals surface area contributed by atoms with Crippen molar-refractivity contribution in [2.75, 3.05) is 0 Å². The molecule has 0 aromatic heterocycles. The Labute approximate surface area is 157 Å². The molecule has 0 radical (unpaired) electrons. The Morgan fingerprint density at radius 1 is 0.889 bits per heavy atom. The van der Waals surface area contributed by atoms with E-state index in [0.29, 0.717) is 0 Å². The van der Waals surface area contributed by atoms with E-state index in [4.69, 9.17) is 0 Å². The van der Waals surface area contributed by atoms with Gasteiger partial charge in [-0.3, -0.25) is 0 Å². The number of fused-ring (bicyclic) bond motifs is 1. The normalized spacial score (nSPS) is 14.4. The minimum Gasteiger partial charge on any atom is -0.384 e. The van der Waals surface area contributed by atoms with Gasteiger partial charge in [-0.15, -0.1) is 0 Å². The van der Waals surface area contributed by atoms with E-state index in [1.165, 1.54) is 5.70 Å². The molecule has 140 valence electrons. The molecule has 0 bridgehead atoms. The van der Waals surface area contributed by atoms with E-state index in [9.17, 15) is 18.3 Å². The molecular weight excluding hydrogens is 365 g/mol. The molecule has 0 aliphatic heterocycles. The van der Waals surface area contributed by atoms with Crippen LogP contribution in [-0.4, -0.2) is 19.4 Å². The minimum absolute atomic E-state index is 0.245. The standard InChI is InChI=1S/C22H21F3OSi/c1-27(2,19-10-4-3-5-11-19)15-20(22(23,24)25)21(26)18-13-12-16-8-6-7-9-17(16)14-18/h3-15,21,26H,1-2H3/b20-15-. The number of benzene rings is 3. The van der Waals surface area contributed by atoms with E-state index in [1.54, 1.807) is 18.2 Å². The van der Waals surface area contributed by atoms with Gasteiger partial charge in [0.25, 0.3) is 0 Å². The third-order valence-electron chi connectivity index (χ3n) is 4.75. The van der Waals surface area contributed by atoms with Crippen LogP contribution >= 0.6 is 0 Å². The highest BCUT2D eigenvalue weighted by Crippen LogP contribution is 2.37. The number of alkyl halides is 3. The lowest BCUT2D eigenvalue weighted by atomic mass is 9.99. The summed E-state index contributed by atoms with van der Waals surface area (Å²) < 4.78 is 41.4. The molecule has 0 aliphatic rings. The Bertz CT molecular complexity index is 962. The van der Waals surface area contributed by atoms with Crippen LogP contribution in [0.4, 0.5) is 13.2 Å². The van der Waals surface area contributed by atoms with Crippen LogP contribution in [-0.2, 0) is 0 Å². The molecule has 1 nitrogen and oxygen atoms in total. The van der Waals surface area contributed by atoms with Gasteiger partial charge in [-0.05, 0) is 22.4 Å². The average molecular weight is 386 g/mol. The smallest absolute Gasteiger partial charge is 0.384 e. The highest BCUT2D eigenvalue weighted by molar-refractivity contribution is 6.94. The Morgan fingerprint density at radius 3 is 2.11 bits per heavy atom. The van der Waals surface area contributed by atoms with Crippen molar-refractivity contribution in [2.45, 2.75) is 25.4 Å². The molecule has 3 rings (SSSR count). The van der Waals surface area contributed by atoms with Gasteiger partial charge >= 0.3 is 6.18 Å². The molecule has 1 N–H and O–H groups in total. The van der Waals surface area contributed by atoms with Gasteiger partial charge in [0.2, 0.25) is 0 Å². The maximum atomic E-state index is 13.8. The third kappa shape index (κ3) is 4.31. The maximum absolute atomic E-state index is 13.8. The zero-order valence-electron chi connectivity index (χ0n) is 15.2. The zero-order chi connectivity index (χ0) is 19.7. The lowest BCUT2D eigenvalue weighted by Gasteiger charge is -2.25. The number of aliphatic hydroxyl groups is 1. The van der Waals surface area contributed by atoms with Crippen LogP contribution < -0.4 is 5.19 Å². The molecule has 0 aliphatic carbocycles. The van der Waals surface area contributed by atoms with E-state index in [0.717, 1.165) is 16.0 Å². The summed E-state index contributed by atoms with van der Waals surface area (Å²) in [5.41, 5.74) is 0.621. The first-order chi connectivity index (χ1) is 12.7. The molecule has 5 heteroatoms. The summed E-state index contributed by atoms with van der Waals surface area (Å²) in [6.07, 6.45) is -6.32. The summed E-state index contributed by atoms with van der Waals surface area (Å²) in [6, 6.07) is 21.5. The Balaban J connectivity index is 2.06. The first kappa shape index (κ1) is 19.4. The molecule has 3 aromatic rings. The first-order valence-electron chi connectivity index (χ1n) is 8.71. The van der Waals surface area contributed by atoms with Crippen molar-refractivity contribution in [3.63, 3.8) is 0 Å². The van der Waals surface area contributed by atoms with Crippen molar-refractivity contribution in [3.05, 3.63) is 89.6 Å². The van der Waals surface area contributed by atoms with Crippen LogP contribution in [0.5, 0.6) is 0 Å². The minimum atomic E-state index is -4.61. The summed E-state index contributed by atoms with van der Waals surface area (Å²) in [5.74, 6) is 0. The van der Waals surface area contributed by atoms with Crippen LogP contribution in [0.3, 0.4) is 0 Å². The summed E-state index contributed by atoms with van der Waals surface area (Å²) in [7, 11) is -2.54. The number of halogens is 3. The van der Waals surface area contributed by atoms with Crippen LogP contribution in [0.25, 0.3) is 10.8 Å². The second kappa shape index (κ2) is 7.33. The summed E-state index contributed by atoms with van der Waals surface area (Å²) >= 11 is 0. The molecular formula is C22H21F3OSi. The Kier molecular flexibility index (Phi) is 5.26. The van der Waals surface area contributed by atoms with Crippen LogP contribution in [0.15, 0.2) is 84.1 Å². The fourth-order valence-corrected chi connectivity index (χ4v) is 5.53. The van der Waals surface area contributed by atoms with E-state index < -0.39 is 25.9 Å². The van der Waals surface area contributed by atoms with Crippen LogP contribution in [0.1, 0.15) is 11.7 Å². The Hall–Kier alpha value is -2.37. The predicted octanol–water partition coefficient (Wildman–Crippen LogP) is 5.52. The average Bonchev–Trinajstić information content (AvgIpc) is 2.65. The first-order valence-corrected chi connectivity index (χ1v) is 11.8. The molecule has 0 fully saturated rings. The second-order valence-corrected chi connectivity index (χ2v) is 11.5. The number of hydrogen-bond donors (Lipinski definition) is 1. The summed E-state index contributed by atoms with van der Waals surface area (Å²) in [4.78, 5) is 0. The molecule has 1 unspecified atom stereocenters. The molecule has 0 saturated carbocycles. The largest absolute Gasteiger partial charge is 0.414 e. The molecule has 0 spiro atoms. The molecule has 3 aromatic carbocycles. The molecule has 1 atom stereocenters. The van der Waals surface area contributed by atoms with Gasteiger partial charge in [0, 0.05) is 0 Å². The van der Waals surface area contributed by atoms with Crippen LogP contribution in [0, 0.1) is 0 Å². The van der Waals surface area contributed by atoms with Crippen molar-refractivity contribution in [1.29, 1.82) is 0 Å². The Morgan fingerprint density at radius 2 is 1.48 bits per heavy atom. The summed E-state index contributed by atoms with van der Waals surface area (Å²) in [5, 5.41) is 13.2. The van der Waals surface area contributed by atoms with Gasteiger partial charge in [0.15, 0.2) is 0 Å². The second-order valence-electron chi connectivity index (χ2n) is 7.19. The van der Waals surface area contributed by atoms with Crippen molar-refractivity contribution in [2.24, 2.45) is 0 Å². The quantitative estimate of drug-likeness (QED) is 0.586. The van der Waals surface area contributed by atoms with Gasteiger partial charge < -0.3 is 5.11 Å². The lowest BCUT2D eigenvalue weighted by Crippen LogP contribution is -2.41. The monoisotopic (exact) mass is 386 g/mol. The molecule has 0 heterocycles. The van der Waals surface area contributed by atoms with Crippen molar-refractivity contribution in [1.82, 2.24) is 0 Å². The van der Waals surface area contributed by atoms with E-state index >= 15 is 0 Å². The predicted molar refractivity (Wildman–Crippen MR) is 107 cm³/mol. The van der Waals surface area contributed by atoms with Gasteiger partial charge in [-0.2, -0.15) is 13.2 Å². The topological polar surface area (TPSA) is 20.2 Å². The van der Waals surface area contributed by atoms with Crippen molar-refractivity contribution >= 4 is 24.0 Å². The van der Waals surface area contributed by atoms with E-state index in [-0.39, 0.29) is 5.56 Å². The van der Waals surface area contributed by atoms with Gasteiger partial charge in [0.05, 0.1) is 5.57 Å². The van der Waals surface area contributed by atoms with Gasteiger partial charge in [-0.25, -0.2) is 0 Å². The van der Waals surface area contributed by atoms with E-state index in [2.05, 4.69) is 0 Å². The van der Waals surface area contributed by atoms with Crippen LogP contribution in [0.2, 0.25) is 13.1 Å². The molecule has 0 saturated heterocycles. The third-order valence-corrected chi connectivity index (χ3v) is 7.60. The zero-order valence-corrected chi connectivity index (χ0v) is 16.2.